The molecule has 1 amide bonds. The highest BCUT2D eigenvalue weighted by molar-refractivity contribution is 7.92. The van der Waals surface area contributed by atoms with Crippen LogP contribution in [0.3, 0.4) is 0 Å². The summed E-state index contributed by atoms with van der Waals surface area (Å²) in [5, 5.41) is 6.02. The van der Waals surface area contributed by atoms with Crippen LogP contribution in [0, 0.1) is 6.92 Å². The third kappa shape index (κ3) is 8.82. The van der Waals surface area contributed by atoms with E-state index in [1.54, 1.807) is 43.0 Å². The molecule has 0 bridgehead atoms. The predicted molar refractivity (Wildman–Crippen MR) is 184 cm³/mol. The van der Waals surface area contributed by atoms with Crippen LogP contribution in [0.25, 0.3) is 0 Å². The zero-order valence-electron chi connectivity index (χ0n) is 27.6. The van der Waals surface area contributed by atoms with Gasteiger partial charge in [0.2, 0.25) is 5.95 Å². The number of carbonyl (C=O) groups is 1. The summed E-state index contributed by atoms with van der Waals surface area (Å²) < 4.78 is 37.7. The number of nitrogens with zero attached hydrogens (tertiary/aromatic N) is 3. The van der Waals surface area contributed by atoms with Gasteiger partial charge < -0.3 is 25.0 Å². The molecule has 1 aliphatic rings. The van der Waals surface area contributed by atoms with E-state index in [0.29, 0.717) is 36.8 Å². The van der Waals surface area contributed by atoms with Crippen LogP contribution in [-0.4, -0.2) is 60.4 Å². The molecule has 1 saturated heterocycles. The summed E-state index contributed by atoms with van der Waals surface area (Å²) >= 11 is 6.46. The van der Waals surface area contributed by atoms with Gasteiger partial charge in [-0.15, -0.1) is 0 Å². The number of anilines is 4. The molecule has 250 valence electrons. The molecule has 2 heterocycles. The van der Waals surface area contributed by atoms with Crippen molar-refractivity contribution in [2.45, 2.75) is 95.8 Å². The van der Waals surface area contributed by atoms with E-state index in [9.17, 15) is 13.2 Å². The van der Waals surface area contributed by atoms with Crippen molar-refractivity contribution in [2.24, 2.45) is 0 Å². The molecule has 0 saturated carbocycles. The lowest BCUT2D eigenvalue weighted by Gasteiger charge is -2.32. The molecule has 0 spiro atoms. The van der Waals surface area contributed by atoms with Gasteiger partial charge in [0, 0.05) is 13.1 Å². The Morgan fingerprint density at radius 1 is 1.07 bits per heavy atom. The van der Waals surface area contributed by atoms with E-state index < -0.39 is 15.1 Å². The summed E-state index contributed by atoms with van der Waals surface area (Å²) in [7, 11) is -3.55. The average Bonchev–Trinajstić information content (AvgIpc) is 3.02. The number of carbonyl (C=O) groups excluding carboxylic acids is 1. The number of ether oxygens (including phenoxy) is 2. The van der Waals surface area contributed by atoms with E-state index in [-0.39, 0.29) is 39.8 Å². The molecule has 0 radical (unpaired) electrons. The number of halogens is 1. The van der Waals surface area contributed by atoms with Crippen LogP contribution in [0.5, 0.6) is 5.75 Å². The molecule has 1 fully saturated rings. The van der Waals surface area contributed by atoms with E-state index >= 15 is 0 Å². The molecule has 2 aromatic carbocycles. The van der Waals surface area contributed by atoms with Crippen LogP contribution in [0.2, 0.25) is 5.02 Å². The van der Waals surface area contributed by atoms with Gasteiger partial charge in [-0.25, -0.2) is 18.2 Å². The van der Waals surface area contributed by atoms with E-state index in [1.165, 1.54) is 11.8 Å². The predicted octanol–water partition coefficient (Wildman–Crippen LogP) is 8.40. The molecule has 1 aliphatic heterocycles. The van der Waals surface area contributed by atoms with Crippen molar-refractivity contribution in [1.29, 1.82) is 0 Å². The van der Waals surface area contributed by atoms with Crippen molar-refractivity contribution in [3.63, 3.8) is 0 Å². The monoisotopic (exact) mass is 671 g/mol. The quantitative estimate of drug-likeness (QED) is 0.172. The summed E-state index contributed by atoms with van der Waals surface area (Å²) in [6, 6.07) is 10.8. The first-order valence-corrected chi connectivity index (χ1v) is 18.0. The Morgan fingerprint density at radius 2 is 1.78 bits per heavy atom. The molecule has 4 rings (SSSR count). The number of hydrogen-bond acceptors (Lipinski definition) is 9. The Bertz CT molecular complexity index is 1610. The first-order valence-electron chi connectivity index (χ1n) is 16.0. The third-order valence-electron chi connectivity index (χ3n) is 7.96. The summed E-state index contributed by atoms with van der Waals surface area (Å²) in [5.41, 5.74) is 3.33. The Morgan fingerprint density at radius 3 is 2.46 bits per heavy atom. The van der Waals surface area contributed by atoms with Gasteiger partial charge in [0.1, 0.15) is 10.8 Å². The van der Waals surface area contributed by atoms with Gasteiger partial charge >= 0.3 is 6.09 Å². The van der Waals surface area contributed by atoms with E-state index in [0.717, 1.165) is 37.7 Å². The van der Waals surface area contributed by atoms with Crippen LogP contribution >= 0.6 is 11.6 Å². The average molecular weight is 672 g/mol. The highest BCUT2D eigenvalue weighted by Gasteiger charge is 2.27. The number of sulfone groups is 1. The summed E-state index contributed by atoms with van der Waals surface area (Å²) in [5.74, 6) is 1.47. The number of hydrogen-bond donors (Lipinski definition) is 2. The number of unbranched alkanes of at least 4 members (excludes halogenated alkanes) is 2. The normalized spacial score (nSPS) is 14.1. The van der Waals surface area contributed by atoms with Crippen LogP contribution < -0.4 is 15.4 Å². The number of benzene rings is 2. The maximum absolute atomic E-state index is 13.0. The molecular weight excluding hydrogens is 626 g/mol. The van der Waals surface area contributed by atoms with Gasteiger partial charge in [0.15, 0.2) is 15.7 Å². The van der Waals surface area contributed by atoms with Gasteiger partial charge in [-0.2, -0.15) is 4.98 Å². The molecule has 2 N–H and O–H groups in total. The minimum atomic E-state index is -3.55. The summed E-state index contributed by atoms with van der Waals surface area (Å²) in [6.07, 6.45) is 5.87. The summed E-state index contributed by atoms with van der Waals surface area (Å²) in [6.45, 7) is 13.2. The molecule has 0 aliphatic carbocycles. The van der Waals surface area contributed by atoms with E-state index in [1.807, 2.05) is 19.9 Å². The van der Waals surface area contributed by atoms with Crippen molar-refractivity contribution >= 4 is 50.7 Å². The summed E-state index contributed by atoms with van der Waals surface area (Å²) in [4.78, 5) is 23.5. The lowest BCUT2D eigenvalue weighted by Crippen LogP contribution is -2.38. The Labute approximate surface area is 278 Å². The highest BCUT2D eigenvalue weighted by atomic mass is 35.5. The minimum Gasteiger partial charge on any atom is -0.489 e. The number of aromatic nitrogens is 2. The third-order valence-corrected chi connectivity index (χ3v) is 10.4. The fourth-order valence-corrected chi connectivity index (χ4v) is 6.74. The van der Waals surface area contributed by atoms with Gasteiger partial charge in [-0.1, -0.05) is 43.5 Å². The number of para-hydroxylation sites is 1. The molecule has 12 heteroatoms. The van der Waals surface area contributed by atoms with Crippen LogP contribution in [-0.2, 0) is 14.6 Å². The SMILES string of the molecule is CCCCCOC(=O)N1CCC(c2cc(OC(C)C)c(Nc3ncc(Cl)c(Nc4ccccc4S(=O)(=O)C(C)C)n3)cc2C)CC1. The zero-order valence-corrected chi connectivity index (χ0v) is 29.2. The second-order valence-electron chi connectivity index (χ2n) is 12.2. The van der Waals surface area contributed by atoms with Crippen LogP contribution in [0.1, 0.15) is 83.8 Å². The Hall–Kier alpha value is -3.57. The van der Waals surface area contributed by atoms with E-state index in [4.69, 9.17) is 21.1 Å². The number of aryl methyl sites for hydroxylation is 1. The molecule has 0 unspecified atom stereocenters. The molecular formula is C34H46ClN5O5S. The second-order valence-corrected chi connectivity index (χ2v) is 15.1. The van der Waals surface area contributed by atoms with Gasteiger partial charge in [0.25, 0.3) is 0 Å². The van der Waals surface area contributed by atoms with Crippen molar-refractivity contribution in [1.82, 2.24) is 14.9 Å². The zero-order chi connectivity index (χ0) is 33.4. The highest BCUT2D eigenvalue weighted by Crippen LogP contribution is 2.38. The lowest BCUT2D eigenvalue weighted by atomic mass is 9.86. The fraction of sp³-hybridized carbons (Fsp3) is 0.500. The first kappa shape index (κ1) is 35.3. The van der Waals surface area contributed by atoms with Crippen LogP contribution in [0.15, 0.2) is 47.5 Å². The number of likely N-dealkylation sites (tertiary alicyclic amines) is 1. The molecule has 3 aromatic rings. The number of amides is 1. The van der Waals surface area contributed by atoms with E-state index in [2.05, 4.69) is 40.5 Å². The maximum Gasteiger partial charge on any atom is 0.409 e. The number of rotatable bonds is 13. The van der Waals surface area contributed by atoms with Crippen molar-refractivity contribution in [3.05, 3.63) is 58.7 Å². The molecule has 10 nitrogen and oxygen atoms in total. The van der Waals surface area contributed by atoms with Crippen molar-refractivity contribution in [2.75, 3.05) is 30.3 Å². The minimum absolute atomic E-state index is 0.0804. The topological polar surface area (TPSA) is 123 Å². The fourth-order valence-electron chi connectivity index (χ4n) is 5.40. The molecule has 46 heavy (non-hydrogen) atoms. The van der Waals surface area contributed by atoms with Crippen LogP contribution in [0.4, 0.5) is 27.9 Å². The number of nitrogens with one attached hydrogen (secondary N) is 2. The first-order chi connectivity index (χ1) is 21.9. The van der Waals surface area contributed by atoms with Gasteiger partial charge in [0.05, 0.1) is 40.4 Å². The largest absolute Gasteiger partial charge is 0.489 e. The maximum atomic E-state index is 13.0. The lowest BCUT2D eigenvalue weighted by molar-refractivity contribution is 0.0912. The van der Waals surface area contributed by atoms with Crippen molar-refractivity contribution < 1.29 is 22.7 Å². The Kier molecular flexibility index (Phi) is 12.1. The smallest absolute Gasteiger partial charge is 0.409 e. The molecule has 1 aromatic heterocycles. The second kappa shape index (κ2) is 15.8. The van der Waals surface area contributed by atoms with Gasteiger partial charge in [-0.3, -0.25) is 0 Å². The van der Waals surface area contributed by atoms with Crippen molar-refractivity contribution in [3.8, 4) is 5.75 Å². The van der Waals surface area contributed by atoms with Gasteiger partial charge in [-0.05, 0) is 95.2 Å². The number of piperidine rings is 1. The molecule has 0 atom stereocenters. The Balaban J connectivity index is 1.53. The standard InChI is InChI=1S/C34H46ClN5O5S/c1-7-8-11-18-44-34(41)40-16-14-25(15-17-40)26-20-30(45-22(2)3)29(19-24(26)6)38-33-36-21-27(35)32(39-33)37-28-12-9-10-13-31(28)46(42,43)23(4)5/h9-10,12-13,19-23,25H,7-8,11,14-18H2,1-6H3,(H2,36,37,38,39).